The lowest BCUT2D eigenvalue weighted by Gasteiger charge is -2.10. The maximum absolute atomic E-state index is 11.7. The molecule has 0 aliphatic heterocycles. The first-order chi connectivity index (χ1) is 8.04. The fourth-order valence-electron chi connectivity index (χ4n) is 1.32. The number of nitrogens with two attached hydrogens (primary N) is 1. The molecule has 1 rings (SSSR count). The first-order valence-electron chi connectivity index (χ1n) is 5.53. The van der Waals surface area contributed by atoms with Crippen molar-refractivity contribution in [1.82, 2.24) is 5.32 Å². The van der Waals surface area contributed by atoms with Crippen molar-refractivity contribution in [2.75, 3.05) is 18.9 Å². The minimum Gasteiger partial charge on any atom is -0.492 e. The first-order valence-corrected chi connectivity index (χ1v) is 5.53. The zero-order valence-electron chi connectivity index (χ0n) is 10.1. The van der Waals surface area contributed by atoms with E-state index in [1.807, 2.05) is 6.92 Å². The number of hydrogen-bond acceptors (Lipinski definition) is 4. The highest BCUT2D eigenvalue weighted by Crippen LogP contribution is 2.22. The standard InChI is InChI=1S/C12H18N2O3/c1-3-17-11-5-4-9(6-10(11)13)12(16)14-7-8(2)15/h4-6,8,15H,3,7,13H2,1-2H3,(H,14,16)/t8-/m1/s1. The number of anilines is 1. The quantitative estimate of drug-likeness (QED) is 0.662. The lowest BCUT2D eigenvalue weighted by molar-refractivity contribution is 0.0924. The van der Waals surface area contributed by atoms with Crippen molar-refractivity contribution in [3.05, 3.63) is 23.8 Å². The molecular formula is C12H18N2O3. The van der Waals surface area contributed by atoms with Crippen molar-refractivity contribution in [2.24, 2.45) is 0 Å². The van der Waals surface area contributed by atoms with E-state index >= 15 is 0 Å². The van der Waals surface area contributed by atoms with Crippen LogP contribution in [0, 0.1) is 0 Å². The molecule has 1 aromatic carbocycles. The monoisotopic (exact) mass is 238 g/mol. The summed E-state index contributed by atoms with van der Waals surface area (Å²) < 4.78 is 5.27. The molecule has 17 heavy (non-hydrogen) atoms. The Balaban J connectivity index is 2.72. The average Bonchev–Trinajstić information content (AvgIpc) is 2.28. The molecule has 4 N–H and O–H groups in total. The van der Waals surface area contributed by atoms with Crippen molar-refractivity contribution in [2.45, 2.75) is 20.0 Å². The highest BCUT2D eigenvalue weighted by Gasteiger charge is 2.09. The lowest BCUT2D eigenvalue weighted by atomic mass is 10.1. The van der Waals surface area contributed by atoms with Gasteiger partial charge in [-0.3, -0.25) is 4.79 Å². The SMILES string of the molecule is CCOc1ccc(C(=O)NC[C@@H](C)O)cc1N. The van der Waals surface area contributed by atoms with Crippen molar-refractivity contribution >= 4 is 11.6 Å². The van der Waals surface area contributed by atoms with Crippen LogP contribution in [0.25, 0.3) is 0 Å². The third kappa shape index (κ3) is 3.96. The zero-order chi connectivity index (χ0) is 12.8. The van der Waals surface area contributed by atoms with E-state index < -0.39 is 6.10 Å². The van der Waals surface area contributed by atoms with Crippen LogP contribution < -0.4 is 15.8 Å². The number of aliphatic hydroxyl groups excluding tert-OH is 1. The van der Waals surface area contributed by atoms with E-state index in [1.165, 1.54) is 0 Å². The molecule has 1 aromatic rings. The summed E-state index contributed by atoms with van der Waals surface area (Å²) in [5, 5.41) is 11.6. The molecule has 94 valence electrons. The van der Waals surface area contributed by atoms with Crippen LogP contribution in [0.1, 0.15) is 24.2 Å². The zero-order valence-corrected chi connectivity index (χ0v) is 10.1. The number of nitrogen functional groups attached to an aromatic ring is 1. The maximum atomic E-state index is 11.7. The van der Waals surface area contributed by atoms with Gasteiger partial charge in [0, 0.05) is 12.1 Å². The summed E-state index contributed by atoms with van der Waals surface area (Å²) in [5.74, 6) is 0.306. The Kier molecular flexibility index (Phi) is 4.78. The van der Waals surface area contributed by atoms with Gasteiger partial charge in [0.25, 0.3) is 5.91 Å². The summed E-state index contributed by atoms with van der Waals surface area (Å²) in [7, 11) is 0. The molecule has 1 atom stereocenters. The van der Waals surface area contributed by atoms with Crippen molar-refractivity contribution in [1.29, 1.82) is 0 Å². The minimum atomic E-state index is -0.570. The Labute approximate surface area is 101 Å². The second kappa shape index (κ2) is 6.10. The number of carbonyl (C=O) groups excluding carboxylic acids is 1. The van der Waals surface area contributed by atoms with Gasteiger partial charge in [0.05, 0.1) is 18.4 Å². The molecule has 0 aromatic heterocycles. The summed E-state index contributed by atoms with van der Waals surface area (Å²) in [5.41, 5.74) is 6.62. The molecule has 0 fully saturated rings. The van der Waals surface area contributed by atoms with Gasteiger partial charge in [0.2, 0.25) is 0 Å². The molecule has 0 spiro atoms. The maximum Gasteiger partial charge on any atom is 0.251 e. The van der Waals surface area contributed by atoms with Crippen molar-refractivity contribution in [3.8, 4) is 5.75 Å². The van der Waals surface area contributed by atoms with Gasteiger partial charge in [-0.15, -0.1) is 0 Å². The Morgan fingerprint density at radius 3 is 2.82 bits per heavy atom. The third-order valence-corrected chi connectivity index (χ3v) is 2.13. The smallest absolute Gasteiger partial charge is 0.251 e. The van der Waals surface area contributed by atoms with Crippen molar-refractivity contribution < 1.29 is 14.6 Å². The number of benzene rings is 1. The molecule has 5 heteroatoms. The molecule has 5 nitrogen and oxygen atoms in total. The third-order valence-electron chi connectivity index (χ3n) is 2.13. The van der Waals surface area contributed by atoms with E-state index in [1.54, 1.807) is 25.1 Å². The number of ether oxygens (including phenoxy) is 1. The highest BCUT2D eigenvalue weighted by molar-refractivity contribution is 5.95. The molecule has 0 bridgehead atoms. The van der Waals surface area contributed by atoms with Crippen molar-refractivity contribution in [3.63, 3.8) is 0 Å². The number of nitrogens with one attached hydrogen (secondary N) is 1. The van der Waals surface area contributed by atoms with E-state index in [0.717, 1.165) is 0 Å². The number of aliphatic hydroxyl groups is 1. The van der Waals surface area contributed by atoms with Crippen LogP contribution in [0.15, 0.2) is 18.2 Å². The summed E-state index contributed by atoms with van der Waals surface area (Å²) >= 11 is 0. The fourth-order valence-corrected chi connectivity index (χ4v) is 1.32. The van der Waals surface area contributed by atoms with E-state index in [0.29, 0.717) is 23.6 Å². The Hall–Kier alpha value is -1.75. The molecule has 0 aliphatic carbocycles. The van der Waals surface area contributed by atoms with Gasteiger partial charge in [-0.1, -0.05) is 0 Å². The number of amides is 1. The van der Waals surface area contributed by atoms with Gasteiger partial charge in [-0.2, -0.15) is 0 Å². The Bertz CT molecular complexity index is 391. The molecule has 0 heterocycles. The minimum absolute atomic E-state index is 0.214. The molecule has 0 unspecified atom stereocenters. The molecule has 0 radical (unpaired) electrons. The summed E-state index contributed by atoms with van der Waals surface area (Å²) in [4.78, 5) is 11.7. The van der Waals surface area contributed by atoms with Crippen LogP contribution in [-0.2, 0) is 0 Å². The normalized spacial score (nSPS) is 11.9. The first kappa shape index (κ1) is 13.3. The number of rotatable bonds is 5. The van der Waals surface area contributed by atoms with Gasteiger partial charge >= 0.3 is 0 Å². The lowest BCUT2D eigenvalue weighted by Crippen LogP contribution is -2.30. The predicted octanol–water partition coefficient (Wildman–Crippen LogP) is 0.778. The molecule has 0 aliphatic rings. The number of hydrogen-bond donors (Lipinski definition) is 3. The Morgan fingerprint density at radius 1 is 1.59 bits per heavy atom. The van der Waals surface area contributed by atoms with Crippen LogP contribution in [0.5, 0.6) is 5.75 Å². The van der Waals surface area contributed by atoms with Crippen LogP contribution in [0.3, 0.4) is 0 Å². The topological polar surface area (TPSA) is 84.6 Å². The number of carbonyl (C=O) groups is 1. The van der Waals surface area contributed by atoms with E-state index in [2.05, 4.69) is 5.32 Å². The van der Waals surface area contributed by atoms with Crippen LogP contribution >= 0.6 is 0 Å². The van der Waals surface area contributed by atoms with E-state index in [4.69, 9.17) is 15.6 Å². The molecule has 0 saturated carbocycles. The predicted molar refractivity (Wildman–Crippen MR) is 66.0 cm³/mol. The van der Waals surface area contributed by atoms with Crippen LogP contribution in [-0.4, -0.2) is 30.3 Å². The summed E-state index contributed by atoms with van der Waals surface area (Å²) in [6.07, 6.45) is -0.570. The van der Waals surface area contributed by atoms with Gasteiger partial charge in [0.15, 0.2) is 0 Å². The van der Waals surface area contributed by atoms with Crippen LogP contribution in [0.4, 0.5) is 5.69 Å². The second-order valence-electron chi connectivity index (χ2n) is 3.74. The fraction of sp³-hybridized carbons (Fsp3) is 0.417. The van der Waals surface area contributed by atoms with Gasteiger partial charge in [-0.25, -0.2) is 0 Å². The van der Waals surface area contributed by atoms with Gasteiger partial charge in [0.1, 0.15) is 5.75 Å². The molecule has 1 amide bonds. The summed E-state index contributed by atoms with van der Waals surface area (Å²) in [6, 6.07) is 4.86. The van der Waals surface area contributed by atoms with Gasteiger partial charge in [-0.05, 0) is 32.0 Å². The van der Waals surface area contributed by atoms with E-state index in [-0.39, 0.29) is 12.5 Å². The average molecular weight is 238 g/mol. The second-order valence-corrected chi connectivity index (χ2v) is 3.74. The van der Waals surface area contributed by atoms with Crippen LogP contribution in [0.2, 0.25) is 0 Å². The summed E-state index contributed by atoms with van der Waals surface area (Å²) in [6.45, 7) is 4.21. The van der Waals surface area contributed by atoms with Gasteiger partial charge < -0.3 is 20.9 Å². The molecule has 0 saturated heterocycles. The van der Waals surface area contributed by atoms with E-state index in [9.17, 15) is 4.79 Å². The molecular weight excluding hydrogens is 220 g/mol. The Morgan fingerprint density at radius 2 is 2.29 bits per heavy atom. The largest absolute Gasteiger partial charge is 0.492 e. The highest BCUT2D eigenvalue weighted by atomic mass is 16.5.